The second-order valence-electron chi connectivity index (χ2n) is 6.13. The van der Waals surface area contributed by atoms with Gasteiger partial charge in [0.05, 0.1) is 24.2 Å². The Morgan fingerprint density at radius 3 is 2.50 bits per heavy atom. The largest absolute Gasteiger partial charge is 0.379 e. The lowest BCUT2D eigenvalue weighted by atomic mass is 10.1. The van der Waals surface area contributed by atoms with Gasteiger partial charge in [0, 0.05) is 18.7 Å². The quantitative estimate of drug-likeness (QED) is 0.821. The molecular formula is C19H18FN3O4S. The van der Waals surface area contributed by atoms with E-state index in [0.29, 0.717) is 18.8 Å². The minimum Gasteiger partial charge on any atom is -0.379 e. The standard InChI is InChI=1S/C19H18FN3O4S/c20-16-6-4-14(5-7-16)18(13-21)22-19(24)15-2-1-3-17(12-15)28(25,26)23-8-10-27-11-9-23/h1-7,12,18H,8-11H2,(H,22,24)/t18-/m1/s1. The topological polar surface area (TPSA) is 99.5 Å². The number of carbonyl (C=O) groups excluding carboxylic acids is 1. The highest BCUT2D eigenvalue weighted by atomic mass is 32.2. The predicted molar refractivity (Wildman–Crippen MR) is 98.2 cm³/mol. The van der Waals surface area contributed by atoms with E-state index in [1.165, 1.54) is 52.8 Å². The van der Waals surface area contributed by atoms with E-state index in [4.69, 9.17) is 4.74 Å². The maximum absolute atomic E-state index is 13.1. The van der Waals surface area contributed by atoms with Crippen LogP contribution in [0.4, 0.5) is 4.39 Å². The van der Waals surface area contributed by atoms with Gasteiger partial charge < -0.3 is 10.1 Å². The van der Waals surface area contributed by atoms with Crippen LogP contribution in [0.2, 0.25) is 0 Å². The average molecular weight is 403 g/mol. The third kappa shape index (κ3) is 4.36. The number of carbonyl (C=O) groups is 1. The van der Waals surface area contributed by atoms with E-state index in [9.17, 15) is 22.9 Å². The molecule has 9 heteroatoms. The Morgan fingerprint density at radius 1 is 1.18 bits per heavy atom. The van der Waals surface area contributed by atoms with Crippen LogP contribution in [0.1, 0.15) is 22.0 Å². The molecule has 1 N–H and O–H groups in total. The SMILES string of the molecule is N#C[C@@H](NC(=O)c1cccc(S(=O)(=O)N2CCOCC2)c1)c1ccc(F)cc1. The Labute approximate surface area is 162 Å². The lowest BCUT2D eigenvalue weighted by Gasteiger charge is -2.26. The van der Waals surface area contributed by atoms with Crippen LogP contribution in [0.3, 0.4) is 0 Å². The van der Waals surface area contributed by atoms with Gasteiger partial charge in [-0.05, 0) is 35.9 Å². The number of hydrogen-bond donors (Lipinski definition) is 1. The lowest BCUT2D eigenvalue weighted by Crippen LogP contribution is -2.40. The van der Waals surface area contributed by atoms with E-state index in [1.807, 2.05) is 6.07 Å². The van der Waals surface area contributed by atoms with Crippen molar-refractivity contribution in [3.8, 4) is 6.07 Å². The van der Waals surface area contributed by atoms with Gasteiger partial charge in [-0.3, -0.25) is 4.79 Å². The first-order valence-corrected chi connectivity index (χ1v) is 10.00. The van der Waals surface area contributed by atoms with Crippen LogP contribution in [0.25, 0.3) is 0 Å². The number of benzene rings is 2. The van der Waals surface area contributed by atoms with E-state index in [1.54, 1.807) is 0 Å². The molecule has 0 saturated carbocycles. The summed E-state index contributed by atoms with van der Waals surface area (Å²) in [4.78, 5) is 12.5. The van der Waals surface area contributed by atoms with E-state index < -0.39 is 27.8 Å². The zero-order valence-corrected chi connectivity index (χ0v) is 15.7. The summed E-state index contributed by atoms with van der Waals surface area (Å²) in [6, 6.07) is 11.8. The molecule has 2 aromatic rings. The molecule has 2 aromatic carbocycles. The molecule has 0 unspecified atom stereocenters. The summed E-state index contributed by atoms with van der Waals surface area (Å²) < 4.78 is 45.0. The molecule has 1 aliphatic rings. The number of nitrogens with one attached hydrogen (secondary N) is 1. The molecule has 7 nitrogen and oxygen atoms in total. The summed E-state index contributed by atoms with van der Waals surface area (Å²) in [7, 11) is -3.74. The first-order valence-electron chi connectivity index (χ1n) is 8.56. The van der Waals surface area contributed by atoms with Crippen LogP contribution in [-0.4, -0.2) is 44.9 Å². The molecule has 1 saturated heterocycles. The number of nitrogens with zero attached hydrogens (tertiary/aromatic N) is 2. The summed E-state index contributed by atoms with van der Waals surface area (Å²) in [5.41, 5.74) is 0.533. The van der Waals surface area contributed by atoms with Crippen LogP contribution >= 0.6 is 0 Å². The van der Waals surface area contributed by atoms with Gasteiger partial charge in [0.2, 0.25) is 10.0 Å². The van der Waals surface area contributed by atoms with Crippen LogP contribution in [0.5, 0.6) is 0 Å². The lowest BCUT2D eigenvalue weighted by molar-refractivity contribution is 0.0730. The second-order valence-corrected chi connectivity index (χ2v) is 8.07. The van der Waals surface area contributed by atoms with Crippen molar-refractivity contribution < 1.29 is 22.3 Å². The van der Waals surface area contributed by atoms with Crippen molar-refractivity contribution in [3.05, 3.63) is 65.5 Å². The molecule has 28 heavy (non-hydrogen) atoms. The molecule has 146 valence electrons. The van der Waals surface area contributed by atoms with E-state index in [0.717, 1.165) is 0 Å². The smallest absolute Gasteiger partial charge is 0.252 e. The fraction of sp³-hybridized carbons (Fsp3) is 0.263. The first kappa shape index (κ1) is 19.9. The Balaban J connectivity index is 1.80. The molecule has 0 radical (unpaired) electrons. The van der Waals surface area contributed by atoms with Crippen LogP contribution in [0, 0.1) is 17.1 Å². The fourth-order valence-corrected chi connectivity index (χ4v) is 4.25. The number of amides is 1. The van der Waals surface area contributed by atoms with E-state index in [-0.39, 0.29) is 23.5 Å². The number of morpholine rings is 1. The molecule has 1 aliphatic heterocycles. The summed E-state index contributed by atoms with van der Waals surface area (Å²) in [6.45, 7) is 1.14. The molecule has 0 aliphatic carbocycles. The number of halogens is 1. The highest BCUT2D eigenvalue weighted by Gasteiger charge is 2.27. The van der Waals surface area contributed by atoms with Crippen molar-refractivity contribution in [1.82, 2.24) is 9.62 Å². The zero-order valence-electron chi connectivity index (χ0n) is 14.8. The van der Waals surface area contributed by atoms with Gasteiger partial charge in [-0.25, -0.2) is 12.8 Å². The summed E-state index contributed by atoms with van der Waals surface area (Å²) in [6.07, 6.45) is 0. The normalized spacial score (nSPS) is 16.1. The van der Waals surface area contributed by atoms with Crippen molar-refractivity contribution in [3.63, 3.8) is 0 Å². The Kier molecular flexibility index (Phi) is 6.04. The van der Waals surface area contributed by atoms with Gasteiger partial charge in [0.25, 0.3) is 5.91 Å². The van der Waals surface area contributed by atoms with Crippen LogP contribution < -0.4 is 5.32 Å². The van der Waals surface area contributed by atoms with Crippen molar-refractivity contribution in [2.45, 2.75) is 10.9 Å². The highest BCUT2D eigenvalue weighted by molar-refractivity contribution is 7.89. The third-order valence-corrected chi connectivity index (χ3v) is 6.21. The molecule has 0 spiro atoms. The molecular weight excluding hydrogens is 385 g/mol. The average Bonchev–Trinajstić information content (AvgIpc) is 2.73. The Hall–Kier alpha value is -2.80. The zero-order chi connectivity index (χ0) is 20.1. The molecule has 1 atom stereocenters. The second kappa shape index (κ2) is 8.48. The van der Waals surface area contributed by atoms with Gasteiger partial charge in [0.15, 0.2) is 0 Å². The van der Waals surface area contributed by atoms with E-state index >= 15 is 0 Å². The van der Waals surface area contributed by atoms with E-state index in [2.05, 4.69) is 5.32 Å². The summed E-state index contributed by atoms with van der Waals surface area (Å²) in [5.74, 6) is -1.05. The van der Waals surface area contributed by atoms with Crippen molar-refractivity contribution in [2.75, 3.05) is 26.3 Å². The Bertz CT molecular complexity index is 997. The number of ether oxygens (including phenoxy) is 1. The highest BCUT2D eigenvalue weighted by Crippen LogP contribution is 2.19. The Morgan fingerprint density at radius 2 is 1.86 bits per heavy atom. The molecule has 0 bridgehead atoms. The van der Waals surface area contributed by atoms with Gasteiger partial charge in [0.1, 0.15) is 11.9 Å². The van der Waals surface area contributed by atoms with Gasteiger partial charge in [-0.15, -0.1) is 0 Å². The summed E-state index contributed by atoms with van der Waals surface area (Å²) >= 11 is 0. The molecule has 0 aromatic heterocycles. The van der Waals surface area contributed by atoms with Crippen LogP contribution in [-0.2, 0) is 14.8 Å². The van der Waals surface area contributed by atoms with Crippen LogP contribution in [0.15, 0.2) is 53.4 Å². The number of nitriles is 1. The minimum absolute atomic E-state index is 0.00246. The number of hydrogen-bond acceptors (Lipinski definition) is 5. The molecule has 1 amide bonds. The molecule has 1 fully saturated rings. The van der Waals surface area contributed by atoms with Gasteiger partial charge in [-0.1, -0.05) is 18.2 Å². The van der Waals surface area contributed by atoms with Crippen molar-refractivity contribution in [2.24, 2.45) is 0 Å². The van der Waals surface area contributed by atoms with Crippen molar-refractivity contribution in [1.29, 1.82) is 5.26 Å². The number of sulfonamides is 1. The third-order valence-electron chi connectivity index (χ3n) is 4.31. The van der Waals surface area contributed by atoms with Gasteiger partial charge in [-0.2, -0.15) is 9.57 Å². The predicted octanol–water partition coefficient (Wildman–Crippen LogP) is 1.84. The molecule has 1 heterocycles. The maximum Gasteiger partial charge on any atom is 0.252 e. The summed E-state index contributed by atoms with van der Waals surface area (Å²) in [5, 5.41) is 11.9. The first-order chi connectivity index (χ1) is 13.4. The monoisotopic (exact) mass is 403 g/mol. The minimum atomic E-state index is -3.74. The number of rotatable bonds is 5. The molecule has 3 rings (SSSR count). The van der Waals surface area contributed by atoms with Gasteiger partial charge >= 0.3 is 0 Å². The maximum atomic E-state index is 13.1. The fourth-order valence-electron chi connectivity index (χ4n) is 2.79. The van der Waals surface area contributed by atoms with Crippen molar-refractivity contribution >= 4 is 15.9 Å².